The predicted octanol–water partition coefficient (Wildman–Crippen LogP) is 8.11. The van der Waals surface area contributed by atoms with Crippen molar-refractivity contribution in [3.05, 3.63) is 144 Å². The molecule has 5 aromatic rings. The minimum Gasteiger partial charge on any atom is -0.308 e. The van der Waals surface area contributed by atoms with Gasteiger partial charge in [-0.1, -0.05) is 54.6 Å². The normalized spacial score (nSPS) is 9.90. The molecule has 0 aromatic heterocycles. The number of hydrogen-bond donors (Lipinski definition) is 0. The Bertz CT molecular complexity index is 1630. The first-order valence-electron chi connectivity index (χ1n) is 12.4. The van der Waals surface area contributed by atoms with E-state index in [1.54, 1.807) is 48.5 Å². The van der Waals surface area contributed by atoms with Crippen molar-refractivity contribution in [2.75, 3.05) is 9.80 Å². The first-order valence-corrected chi connectivity index (χ1v) is 12.4. The van der Waals surface area contributed by atoms with Crippen LogP contribution in [0.3, 0.4) is 0 Å². The molecule has 0 amide bonds. The van der Waals surface area contributed by atoms with E-state index in [1.165, 1.54) is 0 Å². The van der Waals surface area contributed by atoms with Gasteiger partial charge in [0, 0.05) is 11.4 Å². The highest BCUT2D eigenvalue weighted by Crippen LogP contribution is 2.43. The van der Waals surface area contributed by atoms with E-state index in [0.29, 0.717) is 56.4 Å². The summed E-state index contributed by atoms with van der Waals surface area (Å²) in [4.78, 5) is 3.76. The average Bonchev–Trinajstić information content (AvgIpc) is 3.02. The fourth-order valence-corrected chi connectivity index (χ4v) is 4.64. The minimum absolute atomic E-state index is 0.446. The first kappa shape index (κ1) is 25.3. The molecule has 0 aliphatic carbocycles. The summed E-state index contributed by atoms with van der Waals surface area (Å²) in [6, 6.07) is 45.5. The number of rotatable bonds is 6. The Morgan fingerprint density at radius 1 is 0.350 bits per heavy atom. The van der Waals surface area contributed by atoms with Crippen LogP contribution in [-0.4, -0.2) is 0 Å². The molecule has 0 saturated heterocycles. The summed E-state index contributed by atoms with van der Waals surface area (Å²) in [5.74, 6) is 0. The maximum atomic E-state index is 9.93. The second-order valence-corrected chi connectivity index (χ2v) is 8.71. The first-order chi connectivity index (χ1) is 19.7. The molecular weight excluding hydrogens is 492 g/mol. The van der Waals surface area contributed by atoms with Crippen molar-refractivity contribution in [3.63, 3.8) is 0 Å². The molecule has 0 aliphatic heterocycles. The van der Waals surface area contributed by atoms with Gasteiger partial charge in [-0.15, -0.1) is 0 Å². The second-order valence-electron chi connectivity index (χ2n) is 8.71. The second kappa shape index (κ2) is 11.4. The molecular formula is C34H20N6. The zero-order valence-corrected chi connectivity index (χ0v) is 21.2. The standard InChI is InChI=1S/C34H20N6/c35-21-25-10-1-5-16-31(25)39(32-17-6-2-11-26(32)22-36)29-14-9-15-30(20-29)40(33-18-7-3-12-27(33)23-37)34-19-8-4-13-28(34)24-38/h1-20H. The molecule has 0 saturated carbocycles. The van der Waals surface area contributed by atoms with Crippen LogP contribution in [0, 0.1) is 45.3 Å². The minimum atomic E-state index is 0.446. The summed E-state index contributed by atoms with van der Waals surface area (Å²) in [6.45, 7) is 0. The lowest BCUT2D eigenvalue weighted by molar-refractivity contribution is 1.23. The molecule has 5 rings (SSSR count). The van der Waals surface area contributed by atoms with Crippen molar-refractivity contribution >= 4 is 34.1 Å². The summed E-state index contributed by atoms with van der Waals surface area (Å²) >= 11 is 0. The molecule has 0 radical (unpaired) electrons. The fourth-order valence-electron chi connectivity index (χ4n) is 4.64. The highest BCUT2D eigenvalue weighted by molar-refractivity contribution is 5.88. The number of anilines is 6. The Morgan fingerprint density at radius 2 is 0.625 bits per heavy atom. The van der Waals surface area contributed by atoms with Gasteiger partial charge in [-0.05, 0) is 66.7 Å². The lowest BCUT2D eigenvalue weighted by Gasteiger charge is -2.30. The van der Waals surface area contributed by atoms with E-state index in [-0.39, 0.29) is 0 Å². The van der Waals surface area contributed by atoms with Gasteiger partial charge >= 0.3 is 0 Å². The summed E-state index contributed by atoms with van der Waals surface area (Å²) < 4.78 is 0. The van der Waals surface area contributed by atoms with Gasteiger partial charge in [0.15, 0.2) is 0 Å². The number of nitriles is 4. The quantitative estimate of drug-likeness (QED) is 0.228. The zero-order chi connectivity index (χ0) is 27.9. The highest BCUT2D eigenvalue weighted by atomic mass is 15.2. The highest BCUT2D eigenvalue weighted by Gasteiger charge is 2.22. The van der Waals surface area contributed by atoms with E-state index in [4.69, 9.17) is 0 Å². The van der Waals surface area contributed by atoms with Crippen molar-refractivity contribution in [1.82, 2.24) is 0 Å². The molecule has 40 heavy (non-hydrogen) atoms. The molecule has 0 bridgehead atoms. The molecule has 0 N–H and O–H groups in total. The number of nitrogens with zero attached hydrogens (tertiary/aromatic N) is 6. The Labute approximate surface area is 232 Å². The molecule has 0 spiro atoms. The smallest absolute Gasteiger partial charge is 0.101 e. The molecule has 0 fully saturated rings. The van der Waals surface area contributed by atoms with E-state index >= 15 is 0 Å². The monoisotopic (exact) mass is 512 g/mol. The van der Waals surface area contributed by atoms with E-state index in [9.17, 15) is 21.0 Å². The molecule has 0 atom stereocenters. The third kappa shape index (κ3) is 4.69. The summed E-state index contributed by atoms with van der Waals surface area (Å²) in [5, 5.41) is 39.7. The van der Waals surface area contributed by atoms with Crippen LogP contribution < -0.4 is 9.80 Å². The van der Waals surface area contributed by atoms with Crippen molar-refractivity contribution in [2.45, 2.75) is 0 Å². The lowest BCUT2D eigenvalue weighted by atomic mass is 10.1. The fraction of sp³-hybridized carbons (Fsp3) is 0. The van der Waals surface area contributed by atoms with E-state index in [1.807, 2.05) is 82.6 Å². The van der Waals surface area contributed by atoms with Crippen molar-refractivity contribution in [2.24, 2.45) is 0 Å². The Balaban J connectivity index is 1.79. The van der Waals surface area contributed by atoms with Gasteiger partial charge < -0.3 is 9.80 Å². The number of para-hydroxylation sites is 4. The van der Waals surface area contributed by atoms with E-state index in [2.05, 4.69) is 24.3 Å². The van der Waals surface area contributed by atoms with Gasteiger partial charge in [0.2, 0.25) is 0 Å². The van der Waals surface area contributed by atoms with Crippen LogP contribution in [0.5, 0.6) is 0 Å². The molecule has 6 nitrogen and oxygen atoms in total. The van der Waals surface area contributed by atoms with Gasteiger partial charge in [-0.3, -0.25) is 0 Å². The molecule has 5 aromatic carbocycles. The summed E-state index contributed by atoms with van der Waals surface area (Å²) in [7, 11) is 0. The van der Waals surface area contributed by atoms with Crippen LogP contribution >= 0.6 is 0 Å². The van der Waals surface area contributed by atoms with Gasteiger partial charge in [0.05, 0.1) is 45.0 Å². The van der Waals surface area contributed by atoms with Crippen molar-refractivity contribution in [1.29, 1.82) is 21.0 Å². The van der Waals surface area contributed by atoms with Gasteiger partial charge in [-0.2, -0.15) is 21.0 Å². The van der Waals surface area contributed by atoms with Crippen LogP contribution in [0.2, 0.25) is 0 Å². The predicted molar refractivity (Wildman–Crippen MR) is 155 cm³/mol. The Kier molecular flexibility index (Phi) is 7.20. The Morgan fingerprint density at radius 3 is 0.900 bits per heavy atom. The maximum Gasteiger partial charge on any atom is 0.101 e. The third-order valence-electron chi connectivity index (χ3n) is 6.41. The molecule has 0 aliphatic rings. The van der Waals surface area contributed by atoms with Gasteiger partial charge in [-0.25, -0.2) is 0 Å². The summed E-state index contributed by atoms with van der Waals surface area (Å²) in [6.07, 6.45) is 0. The van der Waals surface area contributed by atoms with Crippen LogP contribution in [0.25, 0.3) is 0 Å². The largest absolute Gasteiger partial charge is 0.308 e. The molecule has 186 valence electrons. The molecule has 6 heteroatoms. The van der Waals surface area contributed by atoms with Crippen LogP contribution in [-0.2, 0) is 0 Å². The molecule has 0 heterocycles. The SMILES string of the molecule is N#Cc1ccccc1N(c1cccc(N(c2ccccc2C#N)c2ccccc2C#N)c1)c1ccccc1C#N. The lowest BCUT2D eigenvalue weighted by Crippen LogP contribution is -2.16. The van der Waals surface area contributed by atoms with Crippen LogP contribution in [0.15, 0.2) is 121 Å². The zero-order valence-electron chi connectivity index (χ0n) is 21.2. The van der Waals surface area contributed by atoms with Gasteiger partial charge in [0.1, 0.15) is 24.3 Å². The van der Waals surface area contributed by atoms with Gasteiger partial charge in [0.25, 0.3) is 0 Å². The summed E-state index contributed by atoms with van der Waals surface area (Å²) in [5.41, 5.74) is 5.64. The van der Waals surface area contributed by atoms with Crippen molar-refractivity contribution in [3.8, 4) is 24.3 Å². The maximum absolute atomic E-state index is 9.93. The molecule has 0 unspecified atom stereocenters. The van der Waals surface area contributed by atoms with E-state index in [0.717, 1.165) is 0 Å². The Hall–Kier alpha value is -6.34. The number of hydrogen-bond acceptors (Lipinski definition) is 6. The number of benzene rings is 5. The van der Waals surface area contributed by atoms with E-state index < -0.39 is 0 Å². The third-order valence-corrected chi connectivity index (χ3v) is 6.41. The van der Waals surface area contributed by atoms with Crippen LogP contribution in [0.4, 0.5) is 34.1 Å². The average molecular weight is 513 g/mol. The van der Waals surface area contributed by atoms with Crippen molar-refractivity contribution < 1.29 is 0 Å². The topological polar surface area (TPSA) is 102 Å². The van der Waals surface area contributed by atoms with Crippen LogP contribution in [0.1, 0.15) is 22.3 Å².